The van der Waals surface area contributed by atoms with E-state index >= 15 is 0 Å². The second kappa shape index (κ2) is 10.2. The topological polar surface area (TPSA) is 48.9 Å². The lowest BCUT2D eigenvalue weighted by molar-refractivity contribution is 0.159. The summed E-state index contributed by atoms with van der Waals surface area (Å²) in [6.07, 6.45) is 5.21. The molecule has 0 spiro atoms. The zero-order valence-corrected chi connectivity index (χ0v) is 15.3. The van der Waals surface area contributed by atoms with Gasteiger partial charge in [-0.3, -0.25) is 4.99 Å². The molecule has 1 heterocycles. The van der Waals surface area contributed by atoms with Crippen molar-refractivity contribution in [3.63, 3.8) is 0 Å². The molecule has 1 aliphatic rings. The van der Waals surface area contributed by atoms with E-state index < -0.39 is 0 Å². The Morgan fingerprint density at radius 1 is 1.29 bits per heavy atom. The minimum atomic E-state index is 0.701. The smallest absolute Gasteiger partial charge is 0.191 e. The number of piperidine rings is 1. The molecule has 0 aliphatic carbocycles. The van der Waals surface area contributed by atoms with Crippen LogP contribution >= 0.6 is 0 Å². The van der Waals surface area contributed by atoms with Gasteiger partial charge in [-0.1, -0.05) is 24.6 Å². The lowest BCUT2D eigenvalue weighted by Gasteiger charge is -2.33. The first kappa shape index (κ1) is 18.6. The third kappa shape index (κ3) is 5.71. The SMILES string of the molecule is CN=C(NCCCN1CCCCC1C)NCc1ccccc1OC. The number of hydrogen-bond acceptors (Lipinski definition) is 3. The van der Waals surface area contributed by atoms with Gasteiger partial charge in [0.1, 0.15) is 5.75 Å². The molecular weight excluding hydrogens is 300 g/mol. The van der Waals surface area contributed by atoms with E-state index in [4.69, 9.17) is 4.74 Å². The summed E-state index contributed by atoms with van der Waals surface area (Å²) in [5.41, 5.74) is 1.13. The first-order valence-corrected chi connectivity index (χ1v) is 9.05. The summed E-state index contributed by atoms with van der Waals surface area (Å²) in [6.45, 7) is 6.40. The molecule has 5 nitrogen and oxygen atoms in total. The molecule has 0 radical (unpaired) electrons. The summed E-state index contributed by atoms with van der Waals surface area (Å²) in [4.78, 5) is 6.91. The predicted octanol–water partition coefficient (Wildman–Crippen LogP) is 2.62. The van der Waals surface area contributed by atoms with E-state index in [0.717, 1.165) is 42.8 Å². The van der Waals surface area contributed by atoms with Crippen LogP contribution in [-0.2, 0) is 6.54 Å². The average molecular weight is 332 g/mol. The normalized spacial score (nSPS) is 19.1. The summed E-state index contributed by atoms with van der Waals surface area (Å²) in [7, 11) is 3.51. The van der Waals surface area contributed by atoms with Crippen LogP contribution in [-0.4, -0.2) is 50.7 Å². The molecule has 1 aliphatic heterocycles. The molecule has 134 valence electrons. The van der Waals surface area contributed by atoms with Crippen LogP contribution in [0, 0.1) is 0 Å². The second-order valence-electron chi connectivity index (χ2n) is 6.40. The van der Waals surface area contributed by atoms with Gasteiger partial charge in [-0.2, -0.15) is 0 Å². The number of guanidine groups is 1. The Balaban J connectivity index is 1.69. The summed E-state index contributed by atoms with van der Waals surface area (Å²) >= 11 is 0. The Labute approximate surface area is 146 Å². The lowest BCUT2D eigenvalue weighted by Crippen LogP contribution is -2.41. The number of nitrogens with one attached hydrogen (secondary N) is 2. The molecule has 2 rings (SSSR count). The molecule has 2 N–H and O–H groups in total. The fourth-order valence-corrected chi connectivity index (χ4v) is 3.23. The third-order valence-corrected chi connectivity index (χ3v) is 4.72. The average Bonchev–Trinajstić information content (AvgIpc) is 2.62. The monoisotopic (exact) mass is 332 g/mol. The Bertz CT molecular complexity index is 518. The third-order valence-electron chi connectivity index (χ3n) is 4.72. The van der Waals surface area contributed by atoms with Crippen molar-refractivity contribution >= 4 is 5.96 Å². The van der Waals surface area contributed by atoms with Gasteiger partial charge in [0, 0.05) is 38.3 Å². The van der Waals surface area contributed by atoms with Crippen molar-refractivity contribution < 1.29 is 4.74 Å². The van der Waals surface area contributed by atoms with Crippen molar-refractivity contribution in [1.29, 1.82) is 0 Å². The molecule has 1 unspecified atom stereocenters. The molecule has 1 atom stereocenters. The zero-order chi connectivity index (χ0) is 17.2. The van der Waals surface area contributed by atoms with Crippen molar-refractivity contribution in [2.75, 3.05) is 33.8 Å². The Hall–Kier alpha value is -1.75. The van der Waals surface area contributed by atoms with Crippen molar-refractivity contribution in [2.45, 2.75) is 45.2 Å². The zero-order valence-electron chi connectivity index (χ0n) is 15.3. The van der Waals surface area contributed by atoms with Gasteiger partial charge in [0.2, 0.25) is 0 Å². The molecule has 5 heteroatoms. The van der Waals surface area contributed by atoms with E-state index in [-0.39, 0.29) is 0 Å². The molecule has 1 fully saturated rings. The van der Waals surface area contributed by atoms with Crippen molar-refractivity contribution in [3.8, 4) is 5.75 Å². The number of rotatable bonds is 7. The fraction of sp³-hybridized carbons (Fsp3) is 0.632. The van der Waals surface area contributed by atoms with E-state index in [1.165, 1.54) is 25.8 Å². The van der Waals surface area contributed by atoms with Crippen LogP contribution in [0.4, 0.5) is 0 Å². The van der Waals surface area contributed by atoms with Gasteiger partial charge in [0.15, 0.2) is 5.96 Å². The van der Waals surface area contributed by atoms with E-state index in [9.17, 15) is 0 Å². The van der Waals surface area contributed by atoms with Crippen molar-refractivity contribution in [1.82, 2.24) is 15.5 Å². The molecule has 0 bridgehead atoms. The Morgan fingerprint density at radius 3 is 2.88 bits per heavy atom. The van der Waals surface area contributed by atoms with Crippen LogP contribution in [0.15, 0.2) is 29.3 Å². The number of benzene rings is 1. The van der Waals surface area contributed by atoms with Gasteiger partial charge in [-0.15, -0.1) is 0 Å². The van der Waals surface area contributed by atoms with Crippen LogP contribution in [0.2, 0.25) is 0 Å². The van der Waals surface area contributed by atoms with E-state index in [1.54, 1.807) is 7.11 Å². The van der Waals surface area contributed by atoms with Crippen LogP contribution < -0.4 is 15.4 Å². The highest BCUT2D eigenvalue weighted by atomic mass is 16.5. The van der Waals surface area contributed by atoms with Gasteiger partial charge in [0.05, 0.1) is 7.11 Å². The largest absolute Gasteiger partial charge is 0.496 e. The summed E-state index contributed by atoms with van der Waals surface area (Å²) < 4.78 is 5.38. The highest BCUT2D eigenvalue weighted by Gasteiger charge is 2.17. The summed E-state index contributed by atoms with van der Waals surface area (Å²) in [5.74, 6) is 1.74. The number of likely N-dealkylation sites (tertiary alicyclic amines) is 1. The van der Waals surface area contributed by atoms with Crippen LogP contribution in [0.3, 0.4) is 0 Å². The molecular formula is C19H32N4O. The Morgan fingerprint density at radius 2 is 2.12 bits per heavy atom. The quantitative estimate of drug-likeness (QED) is 0.458. The number of methoxy groups -OCH3 is 1. The minimum absolute atomic E-state index is 0.701. The first-order valence-electron chi connectivity index (χ1n) is 9.05. The minimum Gasteiger partial charge on any atom is -0.496 e. The van der Waals surface area contributed by atoms with E-state index in [0.29, 0.717) is 6.54 Å². The molecule has 0 amide bonds. The standard InChI is InChI=1S/C19H32N4O/c1-16-9-6-7-13-23(16)14-8-12-21-19(20-2)22-15-17-10-4-5-11-18(17)24-3/h4-5,10-11,16H,6-9,12-15H2,1-3H3,(H2,20,21,22). The molecule has 1 saturated heterocycles. The number of hydrogen-bond donors (Lipinski definition) is 2. The van der Waals surface area contributed by atoms with Crippen LogP contribution in [0.1, 0.15) is 38.2 Å². The van der Waals surface area contributed by atoms with Gasteiger partial charge in [0.25, 0.3) is 0 Å². The van der Waals surface area contributed by atoms with Crippen LogP contribution in [0.25, 0.3) is 0 Å². The lowest BCUT2D eigenvalue weighted by atomic mass is 10.0. The molecule has 0 saturated carbocycles. The summed E-state index contributed by atoms with van der Waals surface area (Å²) in [6, 6.07) is 8.79. The maximum atomic E-state index is 5.38. The number of nitrogens with zero attached hydrogens (tertiary/aromatic N) is 2. The molecule has 1 aromatic rings. The number of ether oxygens (including phenoxy) is 1. The van der Waals surface area contributed by atoms with Gasteiger partial charge in [-0.05, 0) is 38.8 Å². The predicted molar refractivity (Wildman–Crippen MR) is 101 cm³/mol. The maximum absolute atomic E-state index is 5.38. The highest BCUT2D eigenvalue weighted by Crippen LogP contribution is 2.17. The highest BCUT2D eigenvalue weighted by molar-refractivity contribution is 5.79. The molecule has 24 heavy (non-hydrogen) atoms. The molecule has 1 aromatic carbocycles. The van der Waals surface area contributed by atoms with Crippen molar-refractivity contribution in [2.24, 2.45) is 4.99 Å². The van der Waals surface area contributed by atoms with E-state index in [2.05, 4.69) is 33.5 Å². The number of aliphatic imine (C=N–C) groups is 1. The van der Waals surface area contributed by atoms with Gasteiger partial charge < -0.3 is 20.3 Å². The van der Waals surface area contributed by atoms with Gasteiger partial charge in [-0.25, -0.2) is 0 Å². The van der Waals surface area contributed by atoms with Gasteiger partial charge >= 0.3 is 0 Å². The number of para-hydroxylation sites is 1. The second-order valence-corrected chi connectivity index (χ2v) is 6.40. The fourth-order valence-electron chi connectivity index (χ4n) is 3.23. The Kier molecular flexibility index (Phi) is 7.89. The molecule has 0 aromatic heterocycles. The summed E-state index contributed by atoms with van der Waals surface area (Å²) in [5, 5.41) is 6.76. The van der Waals surface area contributed by atoms with Crippen LogP contribution in [0.5, 0.6) is 5.75 Å². The first-order chi connectivity index (χ1) is 11.7. The maximum Gasteiger partial charge on any atom is 0.191 e. The van der Waals surface area contributed by atoms with E-state index in [1.807, 2.05) is 25.2 Å². The van der Waals surface area contributed by atoms with Crippen molar-refractivity contribution in [3.05, 3.63) is 29.8 Å².